The predicted octanol–water partition coefficient (Wildman–Crippen LogP) is 1.88. The Morgan fingerprint density at radius 1 is 1.22 bits per heavy atom. The zero-order valence-corrected chi connectivity index (χ0v) is 15.0. The van der Waals surface area contributed by atoms with E-state index in [1.54, 1.807) is 0 Å². The molecule has 0 radical (unpaired) electrons. The van der Waals surface area contributed by atoms with Crippen LogP contribution in [0.25, 0.3) is 0 Å². The van der Waals surface area contributed by atoms with Crippen LogP contribution in [-0.4, -0.2) is 50.2 Å². The molecule has 0 bridgehead atoms. The summed E-state index contributed by atoms with van der Waals surface area (Å²) in [5.74, 6) is 0.0974. The number of nitrogens with one attached hydrogen (secondary N) is 1. The number of nitrogens with zero attached hydrogens (tertiary/aromatic N) is 1. The molecule has 0 spiro atoms. The highest BCUT2D eigenvalue weighted by atomic mass is 35.5. The van der Waals surface area contributed by atoms with Gasteiger partial charge in [-0.15, -0.1) is 24.8 Å². The van der Waals surface area contributed by atoms with Crippen molar-refractivity contribution >= 4 is 36.4 Å². The van der Waals surface area contributed by atoms with E-state index in [9.17, 15) is 4.79 Å². The molecule has 1 aromatic rings. The lowest BCUT2D eigenvalue weighted by atomic mass is 10.1. The van der Waals surface area contributed by atoms with Crippen LogP contribution in [0.15, 0.2) is 24.3 Å². The van der Waals surface area contributed by atoms with E-state index in [4.69, 9.17) is 10.5 Å². The molecule has 0 saturated carbocycles. The molecule has 3 N–H and O–H groups in total. The average molecular weight is 364 g/mol. The number of ether oxygens (including phenoxy) is 1. The Labute approximate surface area is 150 Å². The highest BCUT2D eigenvalue weighted by molar-refractivity contribution is 5.85. The molecule has 0 aliphatic carbocycles. The van der Waals surface area contributed by atoms with Crippen LogP contribution >= 0.6 is 24.8 Å². The molecule has 0 aromatic heterocycles. The summed E-state index contributed by atoms with van der Waals surface area (Å²) >= 11 is 0. The van der Waals surface area contributed by atoms with Crippen molar-refractivity contribution in [1.29, 1.82) is 0 Å². The maximum absolute atomic E-state index is 11.8. The Morgan fingerprint density at radius 3 is 2.61 bits per heavy atom. The minimum Gasteiger partial charge on any atom is -0.399 e. The van der Waals surface area contributed by atoms with E-state index in [2.05, 4.69) is 10.2 Å². The summed E-state index contributed by atoms with van der Waals surface area (Å²) in [7, 11) is 0. The number of rotatable bonds is 7. The van der Waals surface area contributed by atoms with Crippen LogP contribution in [-0.2, 0) is 16.0 Å². The van der Waals surface area contributed by atoms with E-state index in [-0.39, 0.29) is 30.7 Å². The number of amides is 1. The van der Waals surface area contributed by atoms with Crippen LogP contribution in [0, 0.1) is 0 Å². The number of benzene rings is 1. The topological polar surface area (TPSA) is 67.6 Å². The van der Waals surface area contributed by atoms with Crippen molar-refractivity contribution in [3.63, 3.8) is 0 Å². The van der Waals surface area contributed by atoms with E-state index < -0.39 is 0 Å². The first-order valence-electron chi connectivity index (χ1n) is 7.66. The maximum atomic E-state index is 11.8. The second-order valence-corrected chi connectivity index (χ2v) is 5.36. The van der Waals surface area contributed by atoms with Crippen molar-refractivity contribution < 1.29 is 9.53 Å². The third-order valence-electron chi connectivity index (χ3n) is 3.75. The molecule has 1 aromatic carbocycles. The van der Waals surface area contributed by atoms with Crippen molar-refractivity contribution in [2.24, 2.45) is 0 Å². The van der Waals surface area contributed by atoms with Gasteiger partial charge >= 0.3 is 0 Å². The fourth-order valence-corrected chi connectivity index (χ4v) is 2.45. The first-order valence-corrected chi connectivity index (χ1v) is 7.66. The molecule has 1 aliphatic rings. The molecule has 1 fully saturated rings. The smallest absolute Gasteiger partial charge is 0.220 e. The van der Waals surface area contributed by atoms with Gasteiger partial charge in [0.25, 0.3) is 0 Å². The third kappa shape index (κ3) is 8.42. The van der Waals surface area contributed by atoms with E-state index in [1.807, 2.05) is 24.3 Å². The molecule has 1 aliphatic heterocycles. The van der Waals surface area contributed by atoms with Gasteiger partial charge in [0.1, 0.15) is 0 Å². The highest BCUT2D eigenvalue weighted by Gasteiger charge is 2.09. The number of carbonyl (C=O) groups is 1. The highest BCUT2D eigenvalue weighted by Crippen LogP contribution is 2.12. The number of anilines is 1. The molecule has 1 saturated heterocycles. The lowest BCUT2D eigenvalue weighted by Gasteiger charge is -2.26. The number of aryl methyl sites for hydroxylation is 1. The second-order valence-electron chi connectivity index (χ2n) is 5.36. The van der Waals surface area contributed by atoms with Crippen LogP contribution in [0.5, 0.6) is 0 Å². The van der Waals surface area contributed by atoms with Crippen LogP contribution in [0.1, 0.15) is 18.4 Å². The lowest BCUT2D eigenvalue weighted by Crippen LogP contribution is -2.38. The zero-order chi connectivity index (χ0) is 14.9. The number of morpholine rings is 1. The molecule has 23 heavy (non-hydrogen) atoms. The molecule has 0 atom stereocenters. The number of carbonyl (C=O) groups excluding carboxylic acids is 1. The molecule has 1 amide bonds. The number of nitrogens with two attached hydrogens (primary N) is 1. The molecule has 7 heteroatoms. The summed E-state index contributed by atoms with van der Waals surface area (Å²) in [4.78, 5) is 14.2. The minimum atomic E-state index is 0. The lowest BCUT2D eigenvalue weighted by molar-refractivity contribution is -0.121. The van der Waals surface area contributed by atoms with Gasteiger partial charge in [0.15, 0.2) is 0 Å². The molecular formula is C16H27Cl2N3O2. The van der Waals surface area contributed by atoms with Gasteiger partial charge in [-0.05, 0) is 31.0 Å². The Morgan fingerprint density at radius 2 is 1.91 bits per heavy atom. The van der Waals surface area contributed by atoms with Crippen molar-refractivity contribution in [1.82, 2.24) is 10.2 Å². The van der Waals surface area contributed by atoms with Gasteiger partial charge in [-0.1, -0.05) is 18.2 Å². The van der Waals surface area contributed by atoms with Crippen molar-refractivity contribution in [3.8, 4) is 0 Å². The molecule has 132 valence electrons. The summed E-state index contributed by atoms with van der Waals surface area (Å²) < 4.78 is 5.31. The predicted molar refractivity (Wildman–Crippen MR) is 98.6 cm³/mol. The molecular weight excluding hydrogens is 337 g/mol. The Hall–Kier alpha value is -1.01. The molecule has 5 nitrogen and oxygen atoms in total. The average Bonchev–Trinajstić information content (AvgIpc) is 2.52. The van der Waals surface area contributed by atoms with Crippen molar-refractivity contribution in [2.75, 3.05) is 45.1 Å². The Kier molecular flexibility index (Phi) is 11.9. The quantitative estimate of drug-likeness (QED) is 0.573. The monoisotopic (exact) mass is 363 g/mol. The van der Waals surface area contributed by atoms with Gasteiger partial charge in [-0.3, -0.25) is 9.69 Å². The van der Waals surface area contributed by atoms with E-state index in [0.29, 0.717) is 12.8 Å². The SMILES string of the molecule is Cl.Cl.Nc1ccccc1CCC(=O)NCCCN1CCOCC1. The third-order valence-corrected chi connectivity index (χ3v) is 3.75. The van der Waals surface area contributed by atoms with Gasteiger partial charge < -0.3 is 15.8 Å². The molecule has 1 heterocycles. The van der Waals surface area contributed by atoms with Gasteiger partial charge in [0.2, 0.25) is 5.91 Å². The zero-order valence-electron chi connectivity index (χ0n) is 13.3. The number of hydrogen-bond acceptors (Lipinski definition) is 4. The van der Waals surface area contributed by atoms with E-state index in [1.165, 1.54) is 0 Å². The molecule has 2 rings (SSSR count). The summed E-state index contributed by atoms with van der Waals surface area (Å²) in [6.45, 7) is 5.41. The fraction of sp³-hybridized carbons (Fsp3) is 0.562. The van der Waals surface area contributed by atoms with Crippen LogP contribution in [0.3, 0.4) is 0 Å². The number of hydrogen-bond donors (Lipinski definition) is 2. The minimum absolute atomic E-state index is 0. The number of halogens is 2. The Balaban J connectivity index is 0.00000242. The summed E-state index contributed by atoms with van der Waals surface area (Å²) in [6.07, 6.45) is 2.17. The van der Waals surface area contributed by atoms with Crippen LogP contribution in [0.4, 0.5) is 5.69 Å². The largest absolute Gasteiger partial charge is 0.399 e. The summed E-state index contributed by atoms with van der Waals surface area (Å²) in [5, 5.41) is 2.97. The summed E-state index contributed by atoms with van der Waals surface area (Å²) in [5.41, 5.74) is 7.67. The van der Waals surface area contributed by atoms with Crippen molar-refractivity contribution in [3.05, 3.63) is 29.8 Å². The van der Waals surface area contributed by atoms with Gasteiger partial charge in [-0.25, -0.2) is 0 Å². The van der Waals surface area contributed by atoms with E-state index >= 15 is 0 Å². The maximum Gasteiger partial charge on any atom is 0.220 e. The normalized spacial score (nSPS) is 14.4. The first-order chi connectivity index (χ1) is 10.3. The second kappa shape index (κ2) is 12.4. The first kappa shape index (κ1) is 22.0. The van der Waals surface area contributed by atoms with Gasteiger partial charge in [0.05, 0.1) is 13.2 Å². The number of para-hydroxylation sites is 1. The van der Waals surface area contributed by atoms with Crippen LogP contribution in [0.2, 0.25) is 0 Å². The van der Waals surface area contributed by atoms with Gasteiger partial charge in [-0.2, -0.15) is 0 Å². The van der Waals surface area contributed by atoms with Crippen LogP contribution < -0.4 is 11.1 Å². The van der Waals surface area contributed by atoms with Gasteiger partial charge in [0, 0.05) is 31.7 Å². The van der Waals surface area contributed by atoms with E-state index in [0.717, 1.165) is 57.1 Å². The number of nitrogen functional groups attached to an aromatic ring is 1. The Bertz CT molecular complexity index is 455. The van der Waals surface area contributed by atoms with Crippen molar-refractivity contribution in [2.45, 2.75) is 19.3 Å². The summed E-state index contributed by atoms with van der Waals surface area (Å²) in [6, 6.07) is 7.70. The standard InChI is InChI=1S/C16H25N3O2.2ClH/c17-15-5-2-1-4-14(15)6-7-16(20)18-8-3-9-19-10-12-21-13-11-19;;/h1-2,4-5H,3,6-13,17H2,(H,18,20);2*1H. The fourth-order valence-electron chi connectivity index (χ4n) is 2.45. The molecule has 0 unspecified atom stereocenters.